The number of para-hydroxylation sites is 1. The summed E-state index contributed by atoms with van der Waals surface area (Å²) in [7, 11) is 0. The van der Waals surface area contributed by atoms with E-state index < -0.39 is 0 Å². The minimum atomic E-state index is 0.210. The van der Waals surface area contributed by atoms with Crippen LogP contribution in [-0.4, -0.2) is 14.7 Å². The Morgan fingerprint density at radius 2 is 2.10 bits per heavy atom. The SMILES string of the molecule is CCCn1c(-c2cc(Br)ccc2O)nc2cccc(Cl)c21. The zero-order chi connectivity index (χ0) is 15.0. The maximum atomic E-state index is 10.2. The van der Waals surface area contributed by atoms with Crippen LogP contribution in [0.5, 0.6) is 5.75 Å². The number of hydrogen-bond acceptors (Lipinski definition) is 2. The fraction of sp³-hybridized carbons (Fsp3) is 0.188. The number of benzene rings is 2. The molecule has 1 heterocycles. The molecule has 3 rings (SSSR count). The smallest absolute Gasteiger partial charge is 0.144 e. The van der Waals surface area contributed by atoms with Gasteiger partial charge in [0.05, 0.1) is 21.6 Å². The van der Waals surface area contributed by atoms with Gasteiger partial charge in [0, 0.05) is 11.0 Å². The van der Waals surface area contributed by atoms with Crippen LogP contribution in [0, 0.1) is 0 Å². The van der Waals surface area contributed by atoms with Crippen LogP contribution in [0.25, 0.3) is 22.4 Å². The van der Waals surface area contributed by atoms with Crippen molar-refractivity contribution < 1.29 is 5.11 Å². The Morgan fingerprint density at radius 3 is 2.86 bits per heavy atom. The Bertz CT molecular complexity index is 813. The first-order valence-electron chi connectivity index (χ1n) is 6.75. The summed E-state index contributed by atoms with van der Waals surface area (Å²) in [5.74, 6) is 0.945. The highest BCUT2D eigenvalue weighted by Gasteiger charge is 2.17. The van der Waals surface area contributed by atoms with Crippen LogP contribution >= 0.6 is 27.5 Å². The number of phenolic OH excluding ortho intramolecular Hbond substituents is 1. The molecule has 0 aliphatic carbocycles. The second-order valence-electron chi connectivity index (χ2n) is 4.86. The lowest BCUT2D eigenvalue weighted by Gasteiger charge is -2.10. The zero-order valence-corrected chi connectivity index (χ0v) is 13.8. The Kier molecular flexibility index (Phi) is 3.91. The quantitative estimate of drug-likeness (QED) is 0.689. The Balaban J connectivity index is 2.34. The Hall–Kier alpha value is -1.52. The summed E-state index contributed by atoms with van der Waals surface area (Å²) in [5, 5.41) is 10.8. The topological polar surface area (TPSA) is 38.0 Å². The van der Waals surface area contributed by atoms with Crippen molar-refractivity contribution in [1.82, 2.24) is 9.55 Å². The first kappa shape index (κ1) is 14.4. The van der Waals surface area contributed by atoms with Gasteiger partial charge in [-0.2, -0.15) is 0 Å². The van der Waals surface area contributed by atoms with Crippen molar-refractivity contribution in [2.24, 2.45) is 0 Å². The number of hydrogen-bond donors (Lipinski definition) is 1. The van der Waals surface area contributed by atoms with Gasteiger partial charge in [-0.15, -0.1) is 0 Å². The van der Waals surface area contributed by atoms with Crippen LogP contribution in [0.4, 0.5) is 0 Å². The minimum Gasteiger partial charge on any atom is -0.507 e. The number of phenols is 1. The average molecular weight is 366 g/mol. The summed E-state index contributed by atoms with van der Waals surface area (Å²) < 4.78 is 2.97. The highest BCUT2D eigenvalue weighted by molar-refractivity contribution is 9.10. The highest BCUT2D eigenvalue weighted by Crippen LogP contribution is 2.35. The Labute approximate surface area is 136 Å². The molecule has 3 aromatic rings. The van der Waals surface area contributed by atoms with Crippen LogP contribution in [0.15, 0.2) is 40.9 Å². The average Bonchev–Trinajstić information content (AvgIpc) is 2.82. The van der Waals surface area contributed by atoms with E-state index in [2.05, 4.69) is 32.4 Å². The molecule has 2 aromatic carbocycles. The van der Waals surface area contributed by atoms with Crippen molar-refractivity contribution in [1.29, 1.82) is 0 Å². The molecule has 21 heavy (non-hydrogen) atoms. The summed E-state index contributed by atoms with van der Waals surface area (Å²) in [6.45, 7) is 2.90. The third-order valence-corrected chi connectivity index (χ3v) is 4.16. The van der Waals surface area contributed by atoms with Crippen molar-refractivity contribution in [2.45, 2.75) is 19.9 Å². The van der Waals surface area contributed by atoms with Gasteiger partial charge in [-0.3, -0.25) is 0 Å². The standard InChI is InChI=1S/C16H14BrClN2O/c1-2-8-20-15-12(18)4-3-5-13(15)19-16(20)11-9-10(17)6-7-14(11)21/h3-7,9,21H,2,8H2,1H3. The molecule has 1 N–H and O–H groups in total. The van der Waals surface area contributed by atoms with E-state index in [9.17, 15) is 5.11 Å². The third kappa shape index (κ3) is 2.54. The van der Waals surface area contributed by atoms with E-state index in [1.807, 2.05) is 24.3 Å². The second-order valence-corrected chi connectivity index (χ2v) is 6.18. The normalized spacial score (nSPS) is 11.2. The minimum absolute atomic E-state index is 0.210. The maximum Gasteiger partial charge on any atom is 0.144 e. The number of nitrogens with zero attached hydrogens (tertiary/aromatic N) is 2. The number of aromatic hydroxyl groups is 1. The first-order chi connectivity index (χ1) is 10.1. The molecular formula is C16H14BrClN2O. The first-order valence-corrected chi connectivity index (χ1v) is 7.92. The van der Waals surface area contributed by atoms with Gasteiger partial charge in [-0.25, -0.2) is 4.98 Å². The lowest BCUT2D eigenvalue weighted by molar-refractivity contribution is 0.476. The van der Waals surface area contributed by atoms with E-state index >= 15 is 0 Å². The lowest BCUT2D eigenvalue weighted by Crippen LogP contribution is -2.00. The van der Waals surface area contributed by atoms with E-state index in [1.54, 1.807) is 12.1 Å². The predicted molar refractivity (Wildman–Crippen MR) is 89.8 cm³/mol. The molecular weight excluding hydrogens is 352 g/mol. The second kappa shape index (κ2) is 5.70. The largest absolute Gasteiger partial charge is 0.507 e. The molecule has 0 saturated carbocycles. The summed E-state index contributed by atoms with van der Waals surface area (Å²) >= 11 is 9.78. The van der Waals surface area contributed by atoms with Crippen molar-refractivity contribution in [2.75, 3.05) is 0 Å². The summed E-state index contributed by atoms with van der Waals surface area (Å²) in [6, 6.07) is 11.0. The van der Waals surface area contributed by atoms with E-state index in [-0.39, 0.29) is 5.75 Å². The molecule has 0 atom stereocenters. The van der Waals surface area contributed by atoms with Crippen molar-refractivity contribution in [3.63, 3.8) is 0 Å². The molecule has 3 nitrogen and oxygen atoms in total. The summed E-state index contributed by atoms with van der Waals surface area (Å²) in [4.78, 5) is 4.66. The lowest BCUT2D eigenvalue weighted by atomic mass is 10.2. The van der Waals surface area contributed by atoms with Crippen LogP contribution in [0.3, 0.4) is 0 Å². The molecule has 0 fully saturated rings. The van der Waals surface area contributed by atoms with Gasteiger partial charge in [0.25, 0.3) is 0 Å². The predicted octanol–water partition coefficient (Wildman–Crippen LogP) is 5.23. The zero-order valence-electron chi connectivity index (χ0n) is 11.5. The van der Waals surface area contributed by atoms with Crippen molar-refractivity contribution in [3.8, 4) is 17.1 Å². The molecule has 0 saturated heterocycles. The summed E-state index contributed by atoms with van der Waals surface area (Å²) in [5.41, 5.74) is 2.45. The molecule has 0 unspecified atom stereocenters. The number of halogens is 2. The molecule has 0 aliphatic heterocycles. The third-order valence-electron chi connectivity index (χ3n) is 3.36. The number of fused-ring (bicyclic) bond motifs is 1. The molecule has 0 spiro atoms. The maximum absolute atomic E-state index is 10.2. The molecule has 0 bridgehead atoms. The number of rotatable bonds is 3. The van der Waals surface area contributed by atoms with Gasteiger partial charge in [-0.05, 0) is 36.8 Å². The number of aryl methyl sites for hydroxylation is 1. The van der Waals surface area contributed by atoms with E-state index in [1.165, 1.54) is 0 Å². The van der Waals surface area contributed by atoms with Gasteiger partial charge >= 0.3 is 0 Å². The molecule has 108 valence electrons. The van der Waals surface area contributed by atoms with Gasteiger partial charge in [0.1, 0.15) is 11.6 Å². The molecule has 5 heteroatoms. The molecule has 0 radical (unpaired) electrons. The van der Waals surface area contributed by atoms with Gasteiger partial charge < -0.3 is 9.67 Å². The van der Waals surface area contributed by atoms with Crippen LogP contribution in [-0.2, 0) is 6.54 Å². The fourth-order valence-corrected chi connectivity index (χ4v) is 3.11. The number of aromatic nitrogens is 2. The molecule has 0 aliphatic rings. The van der Waals surface area contributed by atoms with Gasteiger partial charge in [0.15, 0.2) is 0 Å². The monoisotopic (exact) mass is 364 g/mol. The van der Waals surface area contributed by atoms with Crippen molar-refractivity contribution >= 4 is 38.6 Å². The van der Waals surface area contributed by atoms with Gasteiger partial charge in [0.2, 0.25) is 0 Å². The van der Waals surface area contributed by atoms with Crippen LogP contribution in [0.2, 0.25) is 5.02 Å². The van der Waals surface area contributed by atoms with Crippen LogP contribution in [0.1, 0.15) is 13.3 Å². The van der Waals surface area contributed by atoms with E-state index in [0.717, 1.165) is 34.3 Å². The van der Waals surface area contributed by atoms with E-state index in [0.29, 0.717) is 10.6 Å². The van der Waals surface area contributed by atoms with E-state index in [4.69, 9.17) is 11.6 Å². The van der Waals surface area contributed by atoms with Crippen LogP contribution < -0.4 is 0 Å². The molecule has 0 amide bonds. The van der Waals surface area contributed by atoms with Crippen molar-refractivity contribution in [3.05, 3.63) is 45.9 Å². The van der Waals surface area contributed by atoms with Gasteiger partial charge in [-0.1, -0.05) is 40.5 Å². The number of imidazole rings is 1. The molecule has 1 aromatic heterocycles. The Morgan fingerprint density at radius 1 is 1.29 bits per heavy atom. The fourth-order valence-electron chi connectivity index (χ4n) is 2.48. The summed E-state index contributed by atoms with van der Waals surface area (Å²) in [6.07, 6.45) is 0.957. The highest BCUT2D eigenvalue weighted by atomic mass is 79.9.